The summed E-state index contributed by atoms with van der Waals surface area (Å²) in [6.07, 6.45) is 4.81. The van der Waals surface area contributed by atoms with Crippen LogP contribution in [0.1, 0.15) is 16.1 Å². The molecule has 3 aromatic rings. The molecule has 23 heavy (non-hydrogen) atoms. The molecule has 0 bridgehead atoms. The normalized spacial score (nSPS) is 10.8. The number of carbonyl (C=O) groups is 1. The molecule has 0 saturated carbocycles. The molecule has 6 nitrogen and oxygen atoms in total. The molecule has 0 radical (unpaired) electrons. The highest BCUT2D eigenvalue weighted by Crippen LogP contribution is 2.26. The van der Waals surface area contributed by atoms with E-state index in [1.54, 1.807) is 30.6 Å². The second kappa shape index (κ2) is 6.85. The quantitative estimate of drug-likeness (QED) is 0.571. The van der Waals surface area contributed by atoms with Crippen LogP contribution in [0.2, 0.25) is 5.02 Å². The predicted octanol–water partition coefficient (Wildman–Crippen LogP) is 2.89. The van der Waals surface area contributed by atoms with Gasteiger partial charge in [0.05, 0.1) is 16.9 Å². The Morgan fingerprint density at radius 2 is 2.13 bits per heavy atom. The van der Waals surface area contributed by atoms with E-state index in [0.29, 0.717) is 16.4 Å². The van der Waals surface area contributed by atoms with Crippen LogP contribution in [0.5, 0.6) is 0 Å². The van der Waals surface area contributed by atoms with Crippen molar-refractivity contribution in [2.45, 2.75) is 0 Å². The first kappa shape index (κ1) is 14.9. The topological polar surface area (TPSA) is 83.0 Å². The molecule has 7 heteroatoms. The van der Waals surface area contributed by atoms with Gasteiger partial charge in [0.1, 0.15) is 5.69 Å². The third-order valence-electron chi connectivity index (χ3n) is 3.04. The van der Waals surface area contributed by atoms with Gasteiger partial charge in [0.15, 0.2) is 0 Å². The monoisotopic (exact) mass is 325 g/mol. The number of hydrazone groups is 1. The Morgan fingerprint density at radius 3 is 2.91 bits per heavy atom. The van der Waals surface area contributed by atoms with Crippen LogP contribution in [0.3, 0.4) is 0 Å². The van der Waals surface area contributed by atoms with Gasteiger partial charge in [-0.25, -0.2) is 5.43 Å². The number of hydrogen-bond acceptors (Lipinski definition) is 4. The van der Waals surface area contributed by atoms with E-state index in [4.69, 9.17) is 11.6 Å². The molecule has 0 spiro atoms. The highest BCUT2D eigenvalue weighted by atomic mass is 35.5. The summed E-state index contributed by atoms with van der Waals surface area (Å²) in [4.78, 5) is 16.0. The Bertz CT molecular complexity index is 844. The molecule has 0 saturated heterocycles. The molecule has 2 aromatic heterocycles. The Labute approximate surface area is 137 Å². The fraction of sp³-hybridized carbons (Fsp3) is 0. The number of benzene rings is 1. The lowest BCUT2D eigenvalue weighted by Gasteiger charge is -1.98. The lowest BCUT2D eigenvalue weighted by atomic mass is 10.1. The van der Waals surface area contributed by atoms with Gasteiger partial charge in [0.25, 0.3) is 5.91 Å². The van der Waals surface area contributed by atoms with E-state index in [1.807, 2.05) is 24.3 Å². The van der Waals surface area contributed by atoms with Gasteiger partial charge in [0, 0.05) is 23.5 Å². The SMILES string of the molecule is O=C(N/N=C\c1cccnc1)c1cc(-c2ccccc2Cl)n[nH]1. The maximum absolute atomic E-state index is 12.0. The first-order chi connectivity index (χ1) is 11.2. The molecule has 0 aliphatic carbocycles. The maximum Gasteiger partial charge on any atom is 0.289 e. The molecule has 0 unspecified atom stereocenters. The van der Waals surface area contributed by atoms with Crippen molar-refractivity contribution in [3.63, 3.8) is 0 Å². The molecule has 2 N–H and O–H groups in total. The molecule has 3 rings (SSSR count). The van der Waals surface area contributed by atoms with E-state index >= 15 is 0 Å². The van der Waals surface area contributed by atoms with Crippen molar-refractivity contribution >= 4 is 23.7 Å². The number of nitrogens with zero attached hydrogens (tertiary/aromatic N) is 3. The zero-order valence-corrected chi connectivity index (χ0v) is 12.7. The van der Waals surface area contributed by atoms with Crippen molar-refractivity contribution in [2.24, 2.45) is 5.10 Å². The van der Waals surface area contributed by atoms with Crippen LogP contribution < -0.4 is 5.43 Å². The number of rotatable bonds is 4. The molecule has 0 aliphatic rings. The van der Waals surface area contributed by atoms with E-state index < -0.39 is 5.91 Å². The van der Waals surface area contributed by atoms with Crippen LogP contribution in [0.15, 0.2) is 60.0 Å². The summed E-state index contributed by atoms with van der Waals surface area (Å²) in [7, 11) is 0. The molecule has 0 atom stereocenters. The van der Waals surface area contributed by atoms with Crippen LogP contribution >= 0.6 is 11.6 Å². The maximum atomic E-state index is 12.0. The van der Waals surface area contributed by atoms with Crippen molar-refractivity contribution in [2.75, 3.05) is 0 Å². The Hall–Kier alpha value is -2.99. The highest BCUT2D eigenvalue weighted by Gasteiger charge is 2.11. The second-order valence-electron chi connectivity index (χ2n) is 4.63. The fourth-order valence-corrected chi connectivity index (χ4v) is 2.16. The van der Waals surface area contributed by atoms with E-state index in [-0.39, 0.29) is 0 Å². The van der Waals surface area contributed by atoms with Gasteiger partial charge in [0.2, 0.25) is 0 Å². The van der Waals surface area contributed by atoms with Gasteiger partial charge < -0.3 is 0 Å². The van der Waals surface area contributed by atoms with Crippen molar-refractivity contribution < 1.29 is 4.79 Å². The zero-order chi connectivity index (χ0) is 16.1. The first-order valence-corrected chi connectivity index (χ1v) is 7.15. The Kier molecular flexibility index (Phi) is 4.44. The summed E-state index contributed by atoms with van der Waals surface area (Å²) in [5.74, 6) is -0.393. The number of H-pyrrole nitrogens is 1. The van der Waals surface area contributed by atoms with Gasteiger partial charge in [-0.2, -0.15) is 10.2 Å². The lowest BCUT2D eigenvalue weighted by molar-refractivity contribution is 0.0950. The van der Waals surface area contributed by atoms with Gasteiger partial charge in [-0.3, -0.25) is 14.9 Å². The van der Waals surface area contributed by atoms with Crippen LogP contribution in [0.25, 0.3) is 11.3 Å². The minimum Gasteiger partial charge on any atom is -0.272 e. The van der Waals surface area contributed by atoms with E-state index in [1.165, 1.54) is 6.21 Å². The summed E-state index contributed by atoms with van der Waals surface area (Å²) in [6, 6.07) is 12.5. The standard InChI is InChI=1S/C16H12ClN5O/c17-13-6-2-1-5-12(13)14-8-15(21-20-14)16(23)22-19-10-11-4-3-7-18-9-11/h1-10H,(H,20,21)(H,22,23)/b19-10-. The number of nitrogens with one attached hydrogen (secondary N) is 2. The fourth-order valence-electron chi connectivity index (χ4n) is 1.92. The highest BCUT2D eigenvalue weighted by molar-refractivity contribution is 6.33. The molecular formula is C16H12ClN5O. The minimum atomic E-state index is -0.393. The summed E-state index contributed by atoms with van der Waals surface area (Å²) >= 11 is 6.12. The number of pyridine rings is 1. The smallest absolute Gasteiger partial charge is 0.272 e. The predicted molar refractivity (Wildman–Crippen MR) is 88.3 cm³/mol. The van der Waals surface area contributed by atoms with Gasteiger partial charge in [-0.1, -0.05) is 35.9 Å². The molecule has 114 valence electrons. The molecule has 0 aliphatic heterocycles. The van der Waals surface area contributed by atoms with E-state index in [0.717, 1.165) is 11.1 Å². The van der Waals surface area contributed by atoms with E-state index in [9.17, 15) is 4.79 Å². The largest absolute Gasteiger partial charge is 0.289 e. The molecular weight excluding hydrogens is 314 g/mol. The number of aromatic amines is 1. The molecule has 2 heterocycles. The number of hydrogen-bond donors (Lipinski definition) is 2. The van der Waals surface area contributed by atoms with Gasteiger partial charge >= 0.3 is 0 Å². The van der Waals surface area contributed by atoms with Crippen molar-refractivity contribution in [3.8, 4) is 11.3 Å². The molecule has 0 fully saturated rings. The molecule has 1 amide bonds. The summed E-state index contributed by atoms with van der Waals surface area (Å²) < 4.78 is 0. The number of aromatic nitrogens is 3. The van der Waals surface area contributed by atoms with Gasteiger partial charge in [-0.15, -0.1) is 0 Å². The average molecular weight is 326 g/mol. The van der Waals surface area contributed by atoms with Crippen LogP contribution in [0, 0.1) is 0 Å². The molecule has 1 aromatic carbocycles. The van der Waals surface area contributed by atoms with Crippen LogP contribution in [-0.2, 0) is 0 Å². The zero-order valence-electron chi connectivity index (χ0n) is 11.9. The van der Waals surface area contributed by atoms with Crippen LogP contribution in [-0.4, -0.2) is 27.3 Å². The summed E-state index contributed by atoms with van der Waals surface area (Å²) in [5, 5.41) is 11.2. The average Bonchev–Trinajstić information content (AvgIpc) is 3.06. The Morgan fingerprint density at radius 1 is 1.26 bits per heavy atom. The number of carbonyl (C=O) groups excluding carboxylic acids is 1. The first-order valence-electron chi connectivity index (χ1n) is 6.78. The number of amides is 1. The third kappa shape index (κ3) is 3.61. The number of halogens is 1. The summed E-state index contributed by atoms with van der Waals surface area (Å²) in [6.45, 7) is 0. The van der Waals surface area contributed by atoms with Crippen molar-refractivity contribution in [1.82, 2.24) is 20.6 Å². The third-order valence-corrected chi connectivity index (χ3v) is 3.37. The lowest BCUT2D eigenvalue weighted by Crippen LogP contribution is -2.18. The van der Waals surface area contributed by atoms with Crippen molar-refractivity contribution in [3.05, 3.63) is 71.1 Å². The summed E-state index contributed by atoms with van der Waals surface area (Å²) in [5.41, 5.74) is 4.85. The van der Waals surface area contributed by atoms with E-state index in [2.05, 4.69) is 25.7 Å². The van der Waals surface area contributed by atoms with Gasteiger partial charge in [-0.05, 0) is 18.2 Å². The second-order valence-corrected chi connectivity index (χ2v) is 5.04. The minimum absolute atomic E-state index is 0.295. The van der Waals surface area contributed by atoms with Crippen molar-refractivity contribution in [1.29, 1.82) is 0 Å². The Balaban J connectivity index is 1.70. The van der Waals surface area contributed by atoms with Crippen LogP contribution in [0.4, 0.5) is 0 Å².